The van der Waals surface area contributed by atoms with Crippen molar-refractivity contribution in [3.63, 3.8) is 0 Å². The zero-order chi connectivity index (χ0) is 14.4. The van der Waals surface area contributed by atoms with Crippen LogP contribution in [0.15, 0.2) is 42.5 Å². The van der Waals surface area contributed by atoms with Gasteiger partial charge in [0.15, 0.2) is 0 Å². The van der Waals surface area contributed by atoms with Crippen LogP contribution in [0.5, 0.6) is 5.88 Å². The van der Waals surface area contributed by atoms with Gasteiger partial charge < -0.3 is 10.1 Å². The Labute approximate surface area is 124 Å². The maximum atomic E-state index is 5.94. The predicted octanol–water partition coefficient (Wildman–Crippen LogP) is 3.81. The first-order chi connectivity index (χ1) is 9.63. The second-order valence-electron chi connectivity index (χ2n) is 4.92. The van der Waals surface area contributed by atoms with Gasteiger partial charge in [-0.1, -0.05) is 43.6 Å². The Bertz CT molecular complexity index is 558. The number of nitrogens with zero attached hydrogens (tertiary/aromatic N) is 1. The number of pyridine rings is 1. The zero-order valence-electron chi connectivity index (χ0n) is 11.8. The number of benzene rings is 1. The maximum absolute atomic E-state index is 5.94. The summed E-state index contributed by atoms with van der Waals surface area (Å²) in [7, 11) is 0. The number of halogens is 1. The fourth-order valence-electron chi connectivity index (χ4n) is 1.73. The minimum Gasteiger partial charge on any atom is -0.473 e. The molecule has 1 aromatic heterocycles. The third-order valence-electron chi connectivity index (χ3n) is 2.75. The molecular formula is C16H19ClN2O. The van der Waals surface area contributed by atoms with Crippen molar-refractivity contribution in [3.05, 3.63) is 58.7 Å². The largest absolute Gasteiger partial charge is 0.473 e. The van der Waals surface area contributed by atoms with E-state index in [2.05, 4.69) is 24.1 Å². The molecule has 0 radical (unpaired) electrons. The molecule has 3 nitrogen and oxygen atoms in total. The molecule has 0 bridgehead atoms. The molecule has 0 aliphatic heterocycles. The lowest BCUT2D eigenvalue weighted by Crippen LogP contribution is -2.22. The molecule has 0 aliphatic carbocycles. The minimum atomic E-state index is 0.438. The third kappa shape index (κ3) is 4.83. The van der Waals surface area contributed by atoms with Gasteiger partial charge in [-0.2, -0.15) is 0 Å². The number of rotatable bonds is 6. The van der Waals surface area contributed by atoms with Gasteiger partial charge in [0.25, 0.3) is 0 Å². The van der Waals surface area contributed by atoms with E-state index in [4.69, 9.17) is 16.3 Å². The van der Waals surface area contributed by atoms with E-state index in [-0.39, 0.29) is 0 Å². The Balaban J connectivity index is 1.94. The molecule has 1 aromatic carbocycles. The minimum absolute atomic E-state index is 0.438. The van der Waals surface area contributed by atoms with Crippen LogP contribution in [0.25, 0.3) is 0 Å². The van der Waals surface area contributed by atoms with Gasteiger partial charge in [-0.15, -0.1) is 0 Å². The molecule has 0 fully saturated rings. The molecule has 20 heavy (non-hydrogen) atoms. The van der Waals surface area contributed by atoms with Gasteiger partial charge in [-0.05, 0) is 23.8 Å². The van der Waals surface area contributed by atoms with Crippen LogP contribution in [0.3, 0.4) is 0 Å². The van der Waals surface area contributed by atoms with Crippen molar-refractivity contribution in [1.29, 1.82) is 0 Å². The molecule has 0 spiro atoms. The summed E-state index contributed by atoms with van der Waals surface area (Å²) in [5, 5.41) is 4.05. The fourth-order valence-corrected chi connectivity index (χ4v) is 1.94. The summed E-state index contributed by atoms with van der Waals surface area (Å²) in [5.74, 6) is 0.632. The Kier molecular flexibility index (Phi) is 5.39. The normalized spacial score (nSPS) is 10.8. The van der Waals surface area contributed by atoms with Crippen LogP contribution in [0.2, 0.25) is 5.02 Å². The van der Waals surface area contributed by atoms with E-state index >= 15 is 0 Å². The lowest BCUT2D eigenvalue weighted by molar-refractivity contribution is 0.292. The number of aromatic nitrogens is 1. The molecule has 1 N–H and O–H groups in total. The lowest BCUT2D eigenvalue weighted by Gasteiger charge is -2.09. The van der Waals surface area contributed by atoms with E-state index in [0.717, 1.165) is 17.8 Å². The molecule has 1 heterocycles. The van der Waals surface area contributed by atoms with Crippen LogP contribution in [-0.2, 0) is 13.2 Å². The Morgan fingerprint density at radius 2 is 2.00 bits per heavy atom. The van der Waals surface area contributed by atoms with Crippen molar-refractivity contribution in [2.45, 2.75) is 33.0 Å². The predicted molar refractivity (Wildman–Crippen MR) is 82.0 cm³/mol. The highest BCUT2D eigenvalue weighted by Gasteiger charge is 2.01. The van der Waals surface area contributed by atoms with Crippen molar-refractivity contribution in [2.24, 2.45) is 0 Å². The highest BCUT2D eigenvalue weighted by molar-refractivity contribution is 6.30. The van der Waals surface area contributed by atoms with Gasteiger partial charge >= 0.3 is 0 Å². The quantitative estimate of drug-likeness (QED) is 0.878. The van der Waals surface area contributed by atoms with E-state index in [9.17, 15) is 0 Å². The summed E-state index contributed by atoms with van der Waals surface area (Å²) in [4.78, 5) is 4.46. The fraction of sp³-hybridized carbons (Fsp3) is 0.312. The van der Waals surface area contributed by atoms with Crippen LogP contribution >= 0.6 is 11.6 Å². The molecule has 2 rings (SSSR count). The van der Waals surface area contributed by atoms with Crippen LogP contribution < -0.4 is 10.1 Å². The second-order valence-corrected chi connectivity index (χ2v) is 5.36. The number of nitrogens with one attached hydrogen (secondary N) is 1. The molecule has 0 unspecified atom stereocenters. The van der Waals surface area contributed by atoms with Crippen molar-refractivity contribution < 1.29 is 4.74 Å². The summed E-state index contributed by atoms with van der Waals surface area (Å²) in [6.45, 7) is 5.43. The number of ether oxygens (including phenoxy) is 1. The highest BCUT2D eigenvalue weighted by atomic mass is 35.5. The maximum Gasteiger partial charge on any atom is 0.213 e. The summed E-state index contributed by atoms with van der Waals surface area (Å²) in [6.07, 6.45) is 0. The number of hydrogen-bond donors (Lipinski definition) is 1. The Morgan fingerprint density at radius 1 is 1.20 bits per heavy atom. The van der Waals surface area contributed by atoms with Gasteiger partial charge in [0, 0.05) is 23.7 Å². The van der Waals surface area contributed by atoms with Crippen LogP contribution in [-0.4, -0.2) is 11.0 Å². The summed E-state index contributed by atoms with van der Waals surface area (Å²) in [6, 6.07) is 13.9. The molecule has 4 heteroatoms. The smallest absolute Gasteiger partial charge is 0.213 e. The van der Waals surface area contributed by atoms with Gasteiger partial charge in [0.05, 0.1) is 5.69 Å². The van der Waals surface area contributed by atoms with Crippen LogP contribution in [0.1, 0.15) is 25.1 Å². The second kappa shape index (κ2) is 7.27. The van der Waals surface area contributed by atoms with Gasteiger partial charge in [0.2, 0.25) is 5.88 Å². The Hall–Kier alpha value is -1.58. The Morgan fingerprint density at radius 3 is 2.75 bits per heavy atom. The topological polar surface area (TPSA) is 34.1 Å². The summed E-state index contributed by atoms with van der Waals surface area (Å²) in [5.41, 5.74) is 2.01. The third-order valence-corrected chi connectivity index (χ3v) is 2.98. The van der Waals surface area contributed by atoms with E-state index in [0.29, 0.717) is 23.6 Å². The first-order valence-electron chi connectivity index (χ1n) is 6.70. The van der Waals surface area contributed by atoms with Crippen molar-refractivity contribution in [3.8, 4) is 5.88 Å². The highest BCUT2D eigenvalue weighted by Crippen LogP contribution is 2.14. The number of hydrogen-bond acceptors (Lipinski definition) is 3. The van der Waals surface area contributed by atoms with E-state index in [1.54, 1.807) is 0 Å². The summed E-state index contributed by atoms with van der Waals surface area (Å²) < 4.78 is 5.70. The average Bonchev–Trinajstić information content (AvgIpc) is 2.43. The van der Waals surface area contributed by atoms with Gasteiger partial charge in [0.1, 0.15) is 6.61 Å². The SMILES string of the molecule is CC(C)NCc1cccc(OCc2cccc(Cl)c2)n1. The first-order valence-corrected chi connectivity index (χ1v) is 7.08. The molecule has 0 amide bonds. The first kappa shape index (κ1) is 14.8. The molecule has 0 saturated heterocycles. The molecule has 106 valence electrons. The average molecular weight is 291 g/mol. The van der Waals surface area contributed by atoms with E-state index in [1.165, 1.54) is 0 Å². The molecule has 0 atom stereocenters. The standard InChI is InChI=1S/C16H19ClN2O/c1-12(2)18-10-15-7-4-8-16(19-15)20-11-13-5-3-6-14(17)9-13/h3-9,12,18H,10-11H2,1-2H3. The van der Waals surface area contributed by atoms with Gasteiger partial charge in [-0.25, -0.2) is 4.98 Å². The lowest BCUT2D eigenvalue weighted by atomic mass is 10.2. The summed E-state index contributed by atoms with van der Waals surface area (Å²) >= 11 is 5.94. The van der Waals surface area contributed by atoms with Crippen molar-refractivity contribution in [2.75, 3.05) is 0 Å². The van der Waals surface area contributed by atoms with Crippen LogP contribution in [0, 0.1) is 0 Å². The molecule has 0 saturated carbocycles. The molecular weight excluding hydrogens is 272 g/mol. The van der Waals surface area contributed by atoms with Crippen molar-refractivity contribution in [1.82, 2.24) is 10.3 Å². The zero-order valence-corrected chi connectivity index (χ0v) is 12.5. The molecule has 2 aromatic rings. The van der Waals surface area contributed by atoms with E-state index in [1.807, 2.05) is 42.5 Å². The van der Waals surface area contributed by atoms with Crippen LogP contribution in [0.4, 0.5) is 0 Å². The monoisotopic (exact) mass is 290 g/mol. The van der Waals surface area contributed by atoms with Gasteiger partial charge in [-0.3, -0.25) is 0 Å². The van der Waals surface area contributed by atoms with Crippen molar-refractivity contribution >= 4 is 11.6 Å². The van der Waals surface area contributed by atoms with E-state index < -0.39 is 0 Å². The molecule has 0 aliphatic rings.